The van der Waals surface area contributed by atoms with Crippen molar-refractivity contribution in [2.45, 2.75) is 51.9 Å². The van der Waals surface area contributed by atoms with E-state index in [9.17, 15) is 0 Å². The van der Waals surface area contributed by atoms with E-state index in [1.807, 2.05) is 0 Å². The quantitative estimate of drug-likeness (QED) is 0.479. The Labute approximate surface area is 82.6 Å². The monoisotopic (exact) mass is 208 g/mol. The fourth-order valence-electron chi connectivity index (χ4n) is 1.33. The highest BCUT2D eigenvalue weighted by Crippen LogP contribution is 2.20. The van der Waals surface area contributed by atoms with Crippen LogP contribution in [0.15, 0.2) is 0 Å². The van der Waals surface area contributed by atoms with Crippen molar-refractivity contribution in [2.75, 3.05) is 5.88 Å². The molecule has 0 aromatic rings. The maximum Gasteiger partial charge on any atom is 0.189 e. The van der Waals surface area contributed by atoms with Crippen molar-refractivity contribution < 1.29 is 4.43 Å². The van der Waals surface area contributed by atoms with Gasteiger partial charge in [0.2, 0.25) is 0 Å². The van der Waals surface area contributed by atoms with Gasteiger partial charge in [0.25, 0.3) is 0 Å². The number of rotatable bonds is 6. The van der Waals surface area contributed by atoms with Gasteiger partial charge < -0.3 is 4.43 Å². The van der Waals surface area contributed by atoms with E-state index in [2.05, 4.69) is 27.3 Å². The van der Waals surface area contributed by atoms with E-state index < -0.39 is 8.32 Å². The lowest BCUT2D eigenvalue weighted by Crippen LogP contribution is -2.36. The summed E-state index contributed by atoms with van der Waals surface area (Å²) in [6.45, 7) is 8.76. The highest BCUT2D eigenvalue weighted by atomic mass is 35.5. The SMILES string of the molecule is CC[Si](C)(CCCCl)OC(C)C. The molecule has 0 saturated heterocycles. The summed E-state index contributed by atoms with van der Waals surface area (Å²) >= 11 is 5.67. The van der Waals surface area contributed by atoms with E-state index in [4.69, 9.17) is 16.0 Å². The third-order valence-electron chi connectivity index (χ3n) is 2.11. The first kappa shape index (κ1) is 12.5. The molecule has 0 aromatic carbocycles. The Kier molecular flexibility index (Phi) is 6.24. The lowest BCUT2D eigenvalue weighted by Gasteiger charge is -2.28. The molecule has 0 spiro atoms. The molecule has 1 atom stereocenters. The number of hydrogen-bond donors (Lipinski definition) is 0. The minimum atomic E-state index is -1.39. The van der Waals surface area contributed by atoms with Gasteiger partial charge in [-0.05, 0) is 38.9 Å². The highest BCUT2D eigenvalue weighted by molar-refractivity contribution is 6.72. The fraction of sp³-hybridized carbons (Fsp3) is 1.00. The molecule has 12 heavy (non-hydrogen) atoms. The molecule has 0 aliphatic heterocycles. The Morgan fingerprint density at radius 3 is 2.33 bits per heavy atom. The molecular weight excluding hydrogens is 188 g/mol. The minimum Gasteiger partial charge on any atom is -0.415 e. The second-order valence-corrected chi connectivity index (χ2v) is 8.48. The molecule has 1 nitrogen and oxygen atoms in total. The van der Waals surface area contributed by atoms with Crippen LogP contribution in [0.1, 0.15) is 27.2 Å². The van der Waals surface area contributed by atoms with E-state index in [1.54, 1.807) is 0 Å². The fourth-order valence-corrected chi connectivity index (χ4v) is 4.39. The second kappa shape index (κ2) is 6.00. The Morgan fingerprint density at radius 1 is 1.42 bits per heavy atom. The summed E-state index contributed by atoms with van der Waals surface area (Å²) in [5.74, 6) is 0.768. The zero-order valence-electron chi connectivity index (χ0n) is 8.69. The number of halogens is 1. The molecule has 0 aliphatic rings. The maximum atomic E-state index is 5.97. The van der Waals surface area contributed by atoms with Crippen molar-refractivity contribution in [1.29, 1.82) is 0 Å². The summed E-state index contributed by atoms with van der Waals surface area (Å²) in [4.78, 5) is 0. The smallest absolute Gasteiger partial charge is 0.189 e. The summed E-state index contributed by atoms with van der Waals surface area (Å²) in [5.41, 5.74) is 0. The summed E-state index contributed by atoms with van der Waals surface area (Å²) < 4.78 is 5.97. The summed E-state index contributed by atoms with van der Waals surface area (Å²) in [6, 6.07) is 2.40. The molecule has 1 unspecified atom stereocenters. The van der Waals surface area contributed by atoms with Crippen LogP contribution in [-0.2, 0) is 4.43 Å². The van der Waals surface area contributed by atoms with Crippen LogP contribution in [0.3, 0.4) is 0 Å². The second-order valence-electron chi connectivity index (χ2n) is 3.76. The van der Waals surface area contributed by atoms with Crippen LogP contribution in [0.2, 0.25) is 18.6 Å². The van der Waals surface area contributed by atoms with Crippen LogP contribution < -0.4 is 0 Å². The predicted molar refractivity (Wildman–Crippen MR) is 58.5 cm³/mol. The Hall–Kier alpha value is 0.467. The van der Waals surface area contributed by atoms with E-state index in [0.29, 0.717) is 6.10 Å². The molecule has 0 radical (unpaired) electrons. The van der Waals surface area contributed by atoms with Crippen LogP contribution >= 0.6 is 11.6 Å². The van der Waals surface area contributed by atoms with Gasteiger partial charge in [-0.2, -0.15) is 0 Å². The third kappa shape index (κ3) is 5.17. The van der Waals surface area contributed by atoms with Gasteiger partial charge in [-0.15, -0.1) is 11.6 Å². The number of alkyl halides is 1. The Morgan fingerprint density at radius 2 is 2.00 bits per heavy atom. The molecule has 0 bridgehead atoms. The van der Waals surface area contributed by atoms with Gasteiger partial charge >= 0.3 is 0 Å². The molecular formula is C9H21ClOSi. The molecule has 0 heterocycles. The molecule has 0 saturated carbocycles. The summed E-state index contributed by atoms with van der Waals surface area (Å²) in [5, 5.41) is 0. The van der Waals surface area contributed by atoms with Gasteiger partial charge in [-0.25, -0.2) is 0 Å². The van der Waals surface area contributed by atoms with Crippen LogP contribution in [0.25, 0.3) is 0 Å². The van der Waals surface area contributed by atoms with Gasteiger partial charge in [-0.1, -0.05) is 6.92 Å². The number of hydrogen-bond acceptors (Lipinski definition) is 1. The first-order chi connectivity index (χ1) is 5.54. The van der Waals surface area contributed by atoms with Gasteiger partial charge in [0.05, 0.1) is 0 Å². The van der Waals surface area contributed by atoms with Crippen molar-refractivity contribution in [3.8, 4) is 0 Å². The molecule has 0 amide bonds. The minimum absolute atomic E-state index is 0.372. The molecule has 3 heteroatoms. The van der Waals surface area contributed by atoms with E-state index in [0.717, 1.165) is 12.3 Å². The lowest BCUT2D eigenvalue weighted by atomic mass is 10.5. The van der Waals surface area contributed by atoms with Crippen molar-refractivity contribution in [3.05, 3.63) is 0 Å². The Bertz CT molecular complexity index is 119. The van der Waals surface area contributed by atoms with Gasteiger partial charge in [0.1, 0.15) is 0 Å². The first-order valence-electron chi connectivity index (χ1n) is 4.78. The molecule has 74 valence electrons. The normalized spacial score (nSPS) is 16.5. The zero-order valence-corrected chi connectivity index (χ0v) is 10.4. The summed E-state index contributed by atoms with van der Waals surface area (Å²) in [6.07, 6.45) is 1.47. The van der Waals surface area contributed by atoms with Crippen molar-refractivity contribution in [3.63, 3.8) is 0 Å². The van der Waals surface area contributed by atoms with Crippen molar-refractivity contribution in [1.82, 2.24) is 0 Å². The van der Waals surface area contributed by atoms with Crippen molar-refractivity contribution in [2.24, 2.45) is 0 Å². The van der Waals surface area contributed by atoms with E-state index in [1.165, 1.54) is 12.1 Å². The third-order valence-corrected chi connectivity index (χ3v) is 6.32. The summed E-state index contributed by atoms with van der Waals surface area (Å²) in [7, 11) is -1.39. The van der Waals surface area contributed by atoms with Crippen LogP contribution in [0.4, 0.5) is 0 Å². The first-order valence-corrected chi connectivity index (χ1v) is 8.13. The average Bonchev–Trinajstić information content (AvgIpc) is 2.00. The molecule has 0 fully saturated rings. The van der Waals surface area contributed by atoms with Gasteiger partial charge in [0, 0.05) is 12.0 Å². The average molecular weight is 209 g/mol. The van der Waals surface area contributed by atoms with Crippen LogP contribution in [0.5, 0.6) is 0 Å². The molecule has 0 aromatic heterocycles. The van der Waals surface area contributed by atoms with E-state index in [-0.39, 0.29) is 0 Å². The van der Waals surface area contributed by atoms with Gasteiger partial charge in [0.15, 0.2) is 8.32 Å². The molecule has 0 rings (SSSR count). The largest absolute Gasteiger partial charge is 0.415 e. The van der Waals surface area contributed by atoms with Crippen molar-refractivity contribution >= 4 is 19.9 Å². The lowest BCUT2D eigenvalue weighted by molar-refractivity contribution is 0.228. The molecule has 0 N–H and O–H groups in total. The van der Waals surface area contributed by atoms with Crippen LogP contribution in [0, 0.1) is 0 Å². The maximum absolute atomic E-state index is 5.97. The van der Waals surface area contributed by atoms with Crippen LogP contribution in [-0.4, -0.2) is 20.3 Å². The predicted octanol–water partition coefficient (Wildman–Crippen LogP) is 3.64. The van der Waals surface area contributed by atoms with E-state index >= 15 is 0 Å². The Balaban J connectivity index is 3.86. The van der Waals surface area contributed by atoms with Gasteiger partial charge in [-0.3, -0.25) is 0 Å². The topological polar surface area (TPSA) is 9.23 Å². The highest BCUT2D eigenvalue weighted by Gasteiger charge is 2.26. The zero-order chi connectivity index (χ0) is 9.61. The molecule has 0 aliphatic carbocycles. The standard InChI is InChI=1S/C9H21ClOSi/c1-5-12(4,8-6-7-10)11-9(2)3/h9H,5-8H2,1-4H3.